The molecule has 1 N–H and O–H groups in total. The van der Waals surface area contributed by atoms with E-state index in [1.54, 1.807) is 0 Å². The topological polar surface area (TPSA) is 23.5 Å². The van der Waals surface area contributed by atoms with Gasteiger partial charge < -0.3 is 5.11 Å². The van der Waals surface area contributed by atoms with Crippen LogP contribution in [0, 0.1) is 11.8 Å². The molecule has 19 heavy (non-hydrogen) atoms. The van der Waals surface area contributed by atoms with Crippen molar-refractivity contribution in [1.82, 2.24) is 4.90 Å². The van der Waals surface area contributed by atoms with Gasteiger partial charge in [-0.15, -0.1) is 0 Å². The standard InChI is InChI=1S/C17H27NO/c1-13(2)11-18(16-9-10-16)12-14(3)17(19)15-7-5-4-6-8-15/h4-8,13-14,16-17,19H,9-12H2,1-3H3. The van der Waals surface area contributed by atoms with Gasteiger partial charge in [0, 0.05) is 19.1 Å². The molecule has 1 fully saturated rings. The molecule has 0 spiro atoms. The Bertz CT molecular complexity index is 372. The van der Waals surface area contributed by atoms with Crippen LogP contribution in [0.25, 0.3) is 0 Å². The van der Waals surface area contributed by atoms with Crippen molar-refractivity contribution in [2.24, 2.45) is 11.8 Å². The van der Waals surface area contributed by atoms with E-state index < -0.39 is 0 Å². The highest BCUT2D eigenvalue weighted by molar-refractivity contribution is 5.17. The molecule has 0 bridgehead atoms. The maximum absolute atomic E-state index is 10.4. The quantitative estimate of drug-likeness (QED) is 0.812. The number of aliphatic hydroxyl groups is 1. The fourth-order valence-corrected chi connectivity index (χ4v) is 2.73. The van der Waals surface area contributed by atoms with Gasteiger partial charge in [0.15, 0.2) is 0 Å². The van der Waals surface area contributed by atoms with Gasteiger partial charge in [0.2, 0.25) is 0 Å². The molecule has 1 aromatic carbocycles. The predicted octanol–water partition coefficient (Wildman–Crippen LogP) is 3.48. The molecular weight excluding hydrogens is 234 g/mol. The van der Waals surface area contributed by atoms with Gasteiger partial charge in [0.25, 0.3) is 0 Å². The number of hydrogen-bond acceptors (Lipinski definition) is 2. The fraction of sp³-hybridized carbons (Fsp3) is 0.647. The van der Waals surface area contributed by atoms with Gasteiger partial charge in [-0.3, -0.25) is 4.90 Å². The molecule has 106 valence electrons. The summed E-state index contributed by atoms with van der Waals surface area (Å²) >= 11 is 0. The van der Waals surface area contributed by atoms with E-state index in [-0.39, 0.29) is 12.0 Å². The maximum atomic E-state index is 10.4. The number of aliphatic hydroxyl groups excluding tert-OH is 1. The third kappa shape index (κ3) is 4.32. The SMILES string of the molecule is CC(C)CN(CC(C)C(O)c1ccccc1)C1CC1. The zero-order valence-electron chi connectivity index (χ0n) is 12.4. The summed E-state index contributed by atoms with van der Waals surface area (Å²) in [7, 11) is 0. The largest absolute Gasteiger partial charge is 0.388 e. The monoisotopic (exact) mass is 261 g/mol. The summed E-state index contributed by atoms with van der Waals surface area (Å²) in [5.41, 5.74) is 1.04. The van der Waals surface area contributed by atoms with E-state index >= 15 is 0 Å². The molecule has 1 aromatic rings. The van der Waals surface area contributed by atoms with Crippen LogP contribution < -0.4 is 0 Å². The number of nitrogens with zero attached hydrogens (tertiary/aromatic N) is 1. The van der Waals surface area contributed by atoms with Crippen LogP contribution in [0.4, 0.5) is 0 Å². The molecule has 0 aromatic heterocycles. The molecule has 2 rings (SSSR count). The van der Waals surface area contributed by atoms with Crippen LogP contribution in [0.2, 0.25) is 0 Å². The van der Waals surface area contributed by atoms with Crippen molar-refractivity contribution in [1.29, 1.82) is 0 Å². The lowest BCUT2D eigenvalue weighted by Crippen LogP contribution is -2.35. The van der Waals surface area contributed by atoms with Crippen LogP contribution >= 0.6 is 0 Å². The Kier molecular flexibility index (Phi) is 5.00. The Labute approximate surface area is 117 Å². The minimum Gasteiger partial charge on any atom is -0.388 e. The summed E-state index contributed by atoms with van der Waals surface area (Å²) in [6.07, 6.45) is 2.32. The molecule has 2 heteroatoms. The molecule has 2 nitrogen and oxygen atoms in total. The van der Waals surface area contributed by atoms with Gasteiger partial charge in [0.05, 0.1) is 6.10 Å². The molecule has 0 heterocycles. The average Bonchev–Trinajstić information content (AvgIpc) is 3.21. The molecule has 0 saturated heterocycles. The van der Waals surface area contributed by atoms with Gasteiger partial charge in [-0.25, -0.2) is 0 Å². The molecular formula is C17H27NO. The Balaban J connectivity index is 1.93. The minimum atomic E-state index is -0.352. The Hall–Kier alpha value is -0.860. The molecule has 2 unspecified atom stereocenters. The molecule has 1 aliphatic carbocycles. The van der Waals surface area contributed by atoms with Crippen LogP contribution in [-0.4, -0.2) is 29.1 Å². The first-order valence-electron chi connectivity index (χ1n) is 7.55. The second-order valence-electron chi connectivity index (χ2n) is 6.41. The first kappa shape index (κ1) is 14.5. The average molecular weight is 261 g/mol. The predicted molar refractivity (Wildman–Crippen MR) is 80.0 cm³/mol. The van der Waals surface area contributed by atoms with E-state index in [0.29, 0.717) is 5.92 Å². The lowest BCUT2D eigenvalue weighted by molar-refractivity contribution is 0.0817. The third-order valence-electron chi connectivity index (χ3n) is 3.87. The van der Waals surface area contributed by atoms with Gasteiger partial charge >= 0.3 is 0 Å². The van der Waals surface area contributed by atoms with Crippen LogP contribution in [0.5, 0.6) is 0 Å². The Morgan fingerprint density at radius 1 is 1.11 bits per heavy atom. The molecule has 1 aliphatic rings. The molecule has 0 radical (unpaired) electrons. The van der Waals surface area contributed by atoms with Crippen molar-refractivity contribution < 1.29 is 5.11 Å². The van der Waals surface area contributed by atoms with Crippen LogP contribution in [-0.2, 0) is 0 Å². The van der Waals surface area contributed by atoms with Crippen molar-refractivity contribution in [2.45, 2.75) is 45.8 Å². The van der Waals surface area contributed by atoms with Crippen LogP contribution in [0.1, 0.15) is 45.3 Å². The van der Waals surface area contributed by atoms with Crippen LogP contribution in [0.15, 0.2) is 30.3 Å². The number of benzene rings is 1. The summed E-state index contributed by atoms with van der Waals surface area (Å²) in [6.45, 7) is 8.85. The van der Waals surface area contributed by atoms with Gasteiger partial charge in [-0.1, -0.05) is 51.1 Å². The van der Waals surface area contributed by atoms with Gasteiger partial charge in [-0.05, 0) is 30.2 Å². The summed E-state index contributed by atoms with van der Waals surface area (Å²) in [5.74, 6) is 0.975. The van der Waals surface area contributed by atoms with E-state index in [1.165, 1.54) is 12.8 Å². The van der Waals surface area contributed by atoms with E-state index in [1.807, 2.05) is 30.3 Å². The van der Waals surface area contributed by atoms with Gasteiger partial charge in [-0.2, -0.15) is 0 Å². The first-order chi connectivity index (χ1) is 9.08. The van der Waals surface area contributed by atoms with E-state index in [0.717, 1.165) is 24.7 Å². The van der Waals surface area contributed by atoms with Crippen molar-refractivity contribution in [2.75, 3.05) is 13.1 Å². The highest BCUT2D eigenvalue weighted by atomic mass is 16.3. The first-order valence-corrected chi connectivity index (χ1v) is 7.55. The second kappa shape index (κ2) is 6.53. The summed E-state index contributed by atoms with van der Waals surface area (Å²) in [5, 5.41) is 10.4. The van der Waals surface area contributed by atoms with Crippen molar-refractivity contribution in [3.8, 4) is 0 Å². The molecule has 2 atom stereocenters. The van der Waals surface area contributed by atoms with Crippen molar-refractivity contribution >= 4 is 0 Å². The van der Waals surface area contributed by atoms with E-state index in [2.05, 4.69) is 25.7 Å². The maximum Gasteiger partial charge on any atom is 0.0827 e. The normalized spacial score (nSPS) is 18.8. The highest BCUT2D eigenvalue weighted by Gasteiger charge is 2.31. The summed E-state index contributed by atoms with van der Waals surface area (Å²) in [6, 6.07) is 10.8. The third-order valence-corrected chi connectivity index (χ3v) is 3.87. The zero-order chi connectivity index (χ0) is 13.8. The van der Waals surface area contributed by atoms with Crippen molar-refractivity contribution in [3.05, 3.63) is 35.9 Å². The number of hydrogen-bond donors (Lipinski definition) is 1. The second-order valence-corrected chi connectivity index (χ2v) is 6.41. The lowest BCUT2D eigenvalue weighted by Gasteiger charge is -2.29. The van der Waals surface area contributed by atoms with Crippen LogP contribution in [0.3, 0.4) is 0 Å². The summed E-state index contributed by atoms with van der Waals surface area (Å²) in [4.78, 5) is 2.57. The Morgan fingerprint density at radius 2 is 1.74 bits per heavy atom. The molecule has 0 amide bonds. The summed E-state index contributed by atoms with van der Waals surface area (Å²) < 4.78 is 0. The zero-order valence-corrected chi connectivity index (χ0v) is 12.4. The molecule has 1 saturated carbocycles. The molecule has 0 aliphatic heterocycles. The Morgan fingerprint density at radius 3 is 2.26 bits per heavy atom. The van der Waals surface area contributed by atoms with Crippen molar-refractivity contribution in [3.63, 3.8) is 0 Å². The van der Waals surface area contributed by atoms with E-state index in [4.69, 9.17) is 0 Å². The number of rotatable bonds is 7. The highest BCUT2D eigenvalue weighted by Crippen LogP contribution is 2.30. The van der Waals surface area contributed by atoms with Gasteiger partial charge in [0.1, 0.15) is 0 Å². The fourth-order valence-electron chi connectivity index (χ4n) is 2.73. The lowest BCUT2D eigenvalue weighted by atomic mass is 9.96. The smallest absolute Gasteiger partial charge is 0.0827 e. The van der Waals surface area contributed by atoms with E-state index in [9.17, 15) is 5.11 Å². The minimum absolute atomic E-state index is 0.279.